The minimum atomic E-state index is 0.293. The van der Waals surface area contributed by atoms with Gasteiger partial charge in [0.1, 0.15) is 11.5 Å². The number of benzene rings is 2. The van der Waals surface area contributed by atoms with E-state index in [1.807, 2.05) is 45.0 Å². The number of phenolic OH excluding ortho intramolecular Hbond substituents is 2. The highest BCUT2D eigenvalue weighted by molar-refractivity contribution is 5.36. The molecule has 0 aliphatic carbocycles. The zero-order valence-corrected chi connectivity index (χ0v) is 14.3. The maximum Gasteiger partial charge on any atom is 0.118 e. The molecule has 2 aromatic rings. The molecule has 0 spiro atoms. The standard InChI is InChI=1S/C18H21NO2.C2H6/c1-13-6-7-16(12-18(13)21)10-14(2)19-9-8-15-4-3-5-17(20)11-15;1-2/h3-7,11-12,19-21H,2,8-10H2,1H3;1-2H3. The molecule has 3 heteroatoms. The van der Waals surface area contributed by atoms with Crippen molar-refractivity contribution in [3.63, 3.8) is 0 Å². The number of hydrogen-bond acceptors (Lipinski definition) is 3. The molecule has 2 rings (SSSR count). The van der Waals surface area contributed by atoms with Crippen molar-refractivity contribution in [1.82, 2.24) is 5.32 Å². The lowest BCUT2D eigenvalue weighted by atomic mass is 10.1. The molecule has 2 aromatic carbocycles. The number of aryl methyl sites for hydroxylation is 1. The van der Waals surface area contributed by atoms with E-state index in [4.69, 9.17) is 0 Å². The summed E-state index contributed by atoms with van der Waals surface area (Å²) in [6, 6.07) is 12.9. The smallest absolute Gasteiger partial charge is 0.118 e. The Morgan fingerprint density at radius 2 is 1.78 bits per heavy atom. The molecule has 0 radical (unpaired) electrons. The van der Waals surface area contributed by atoms with Crippen LogP contribution in [0.25, 0.3) is 0 Å². The molecule has 0 bridgehead atoms. The van der Waals surface area contributed by atoms with Crippen LogP contribution < -0.4 is 5.32 Å². The van der Waals surface area contributed by atoms with Crippen molar-refractivity contribution in [2.24, 2.45) is 0 Å². The van der Waals surface area contributed by atoms with Crippen molar-refractivity contribution in [2.45, 2.75) is 33.6 Å². The minimum absolute atomic E-state index is 0.293. The predicted molar refractivity (Wildman–Crippen MR) is 96.8 cm³/mol. The fourth-order valence-electron chi connectivity index (χ4n) is 2.17. The molecular weight excluding hydrogens is 286 g/mol. The summed E-state index contributed by atoms with van der Waals surface area (Å²) in [5, 5.41) is 22.4. The number of aromatic hydroxyl groups is 2. The monoisotopic (exact) mass is 313 g/mol. The average Bonchev–Trinajstić information content (AvgIpc) is 2.53. The number of phenols is 2. The first-order valence-corrected chi connectivity index (χ1v) is 8.02. The van der Waals surface area contributed by atoms with Gasteiger partial charge in [0.2, 0.25) is 0 Å². The highest BCUT2D eigenvalue weighted by atomic mass is 16.3. The van der Waals surface area contributed by atoms with Crippen LogP contribution in [0.3, 0.4) is 0 Å². The quantitative estimate of drug-likeness (QED) is 0.744. The number of nitrogens with one attached hydrogen (secondary N) is 1. The highest BCUT2D eigenvalue weighted by Crippen LogP contribution is 2.18. The Bertz CT molecular complexity index is 635. The van der Waals surface area contributed by atoms with E-state index in [1.54, 1.807) is 18.2 Å². The summed E-state index contributed by atoms with van der Waals surface area (Å²) in [6.45, 7) is 10.6. The first-order chi connectivity index (χ1) is 11.0. The average molecular weight is 313 g/mol. The Morgan fingerprint density at radius 1 is 1.04 bits per heavy atom. The second-order valence-corrected chi connectivity index (χ2v) is 5.25. The predicted octanol–water partition coefficient (Wildman–Crippen LogP) is 4.32. The van der Waals surface area contributed by atoms with Crippen molar-refractivity contribution in [1.29, 1.82) is 0 Å². The maximum atomic E-state index is 9.69. The van der Waals surface area contributed by atoms with E-state index < -0.39 is 0 Å². The Morgan fingerprint density at radius 3 is 2.43 bits per heavy atom. The Balaban J connectivity index is 0.00000127. The van der Waals surface area contributed by atoms with Crippen molar-refractivity contribution < 1.29 is 10.2 Å². The summed E-state index contributed by atoms with van der Waals surface area (Å²) in [4.78, 5) is 0. The van der Waals surface area contributed by atoms with Gasteiger partial charge in [0.15, 0.2) is 0 Å². The molecule has 0 atom stereocenters. The summed E-state index contributed by atoms with van der Waals surface area (Å²) >= 11 is 0. The molecule has 0 saturated carbocycles. The van der Waals surface area contributed by atoms with E-state index in [1.165, 1.54) is 0 Å². The van der Waals surface area contributed by atoms with E-state index in [2.05, 4.69) is 11.9 Å². The molecule has 0 aromatic heterocycles. The number of rotatable bonds is 6. The largest absolute Gasteiger partial charge is 0.508 e. The maximum absolute atomic E-state index is 9.69. The third-order valence-corrected chi connectivity index (χ3v) is 3.39. The normalized spacial score (nSPS) is 9.70. The van der Waals surface area contributed by atoms with Crippen molar-refractivity contribution in [3.05, 3.63) is 71.4 Å². The number of allylic oxidation sites excluding steroid dienone is 1. The molecule has 0 saturated heterocycles. The fourth-order valence-corrected chi connectivity index (χ4v) is 2.17. The summed E-state index contributed by atoms with van der Waals surface area (Å²) in [5.41, 5.74) is 3.91. The summed E-state index contributed by atoms with van der Waals surface area (Å²) < 4.78 is 0. The van der Waals surface area contributed by atoms with E-state index in [0.717, 1.165) is 35.4 Å². The SMILES string of the molecule is C=C(Cc1ccc(C)c(O)c1)NCCc1cccc(O)c1.CC. The van der Waals surface area contributed by atoms with Crippen LogP contribution in [0.5, 0.6) is 11.5 Å². The van der Waals surface area contributed by atoms with Gasteiger partial charge in [-0.1, -0.05) is 44.7 Å². The van der Waals surface area contributed by atoms with E-state index in [0.29, 0.717) is 17.9 Å². The zero-order valence-electron chi connectivity index (χ0n) is 14.3. The van der Waals surface area contributed by atoms with Gasteiger partial charge in [-0.25, -0.2) is 0 Å². The van der Waals surface area contributed by atoms with E-state index >= 15 is 0 Å². The molecule has 3 nitrogen and oxygen atoms in total. The summed E-state index contributed by atoms with van der Waals surface area (Å²) in [5.74, 6) is 0.613. The lowest BCUT2D eigenvalue weighted by Gasteiger charge is -2.11. The van der Waals surface area contributed by atoms with Gasteiger partial charge >= 0.3 is 0 Å². The van der Waals surface area contributed by atoms with Crippen LogP contribution in [0.15, 0.2) is 54.7 Å². The Kier molecular flexibility index (Phi) is 7.75. The number of hydrogen-bond donors (Lipinski definition) is 3. The van der Waals surface area contributed by atoms with Crippen LogP contribution in [0.1, 0.15) is 30.5 Å². The fraction of sp³-hybridized carbons (Fsp3) is 0.300. The van der Waals surface area contributed by atoms with Gasteiger partial charge in [-0.15, -0.1) is 0 Å². The molecule has 0 amide bonds. The van der Waals surface area contributed by atoms with E-state index in [9.17, 15) is 10.2 Å². The Labute approximate surface area is 139 Å². The topological polar surface area (TPSA) is 52.5 Å². The van der Waals surface area contributed by atoms with Crippen molar-refractivity contribution >= 4 is 0 Å². The van der Waals surface area contributed by atoms with Crippen molar-refractivity contribution in [2.75, 3.05) is 6.54 Å². The second kappa shape index (κ2) is 9.57. The van der Waals surface area contributed by atoms with Gasteiger partial charge in [-0.2, -0.15) is 0 Å². The lowest BCUT2D eigenvalue weighted by Crippen LogP contribution is -2.17. The third kappa shape index (κ3) is 6.47. The highest BCUT2D eigenvalue weighted by Gasteiger charge is 2.01. The molecule has 3 N–H and O–H groups in total. The first-order valence-electron chi connectivity index (χ1n) is 8.02. The molecule has 0 aliphatic heterocycles. The molecular formula is C20H27NO2. The van der Waals surface area contributed by atoms with Gasteiger partial charge < -0.3 is 15.5 Å². The summed E-state index contributed by atoms with van der Waals surface area (Å²) in [6.07, 6.45) is 1.51. The van der Waals surface area contributed by atoms with Crippen LogP contribution in [0.2, 0.25) is 0 Å². The van der Waals surface area contributed by atoms with Crippen LogP contribution in [0.4, 0.5) is 0 Å². The van der Waals surface area contributed by atoms with Crippen LogP contribution in [-0.4, -0.2) is 16.8 Å². The van der Waals surface area contributed by atoms with Gasteiger partial charge in [0.05, 0.1) is 0 Å². The second-order valence-electron chi connectivity index (χ2n) is 5.25. The first kappa shape index (κ1) is 18.6. The summed E-state index contributed by atoms with van der Waals surface area (Å²) in [7, 11) is 0. The molecule has 0 heterocycles. The van der Waals surface area contributed by atoms with Gasteiger partial charge in [0.25, 0.3) is 0 Å². The van der Waals surface area contributed by atoms with Crippen LogP contribution >= 0.6 is 0 Å². The van der Waals surface area contributed by atoms with Gasteiger partial charge in [-0.05, 0) is 48.2 Å². The molecule has 124 valence electrons. The molecule has 23 heavy (non-hydrogen) atoms. The lowest BCUT2D eigenvalue weighted by molar-refractivity contribution is 0.470. The van der Waals surface area contributed by atoms with Crippen LogP contribution in [-0.2, 0) is 12.8 Å². The molecule has 0 aliphatic rings. The van der Waals surface area contributed by atoms with Crippen LogP contribution in [0, 0.1) is 6.92 Å². The third-order valence-electron chi connectivity index (χ3n) is 3.39. The van der Waals surface area contributed by atoms with Gasteiger partial charge in [0, 0.05) is 18.7 Å². The molecule has 0 unspecified atom stereocenters. The van der Waals surface area contributed by atoms with E-state index in [-0.39, 0.29) is 0 Å². The van der Waals surface area contributed by atoms with Gasteiger partial charge in [-0.3, -0.25) is 0 Å². The zero-order chi connectivity index (χ0) is 17.2. The Hall–Kier alpha value is -2.42. The minimum Gasteiger partial charge on any atom is -0.508 e. The molecule has 0 fully saturated rings. The van der Waals surface area contributed by atoms with Crippen molar-refractivity contribution in [3.8, 4) is 11.5 Å².